The first kappa shape index (κ1) is 18.4. The van der Waals surface area contributed by atoms with Gasteiger partial charge in [-0.1, -0.05) is 36.4 Å². The van der Waals surface area contributed by atoms with E-state index in [2.05, 4.69) is 5.32 Å². The fraction of sp³-hybridized carbons (Fsp3) is 0.211. The van der Waals surface area contributed by atoms with Crippen LogP contribution in [0.3, 0.4) is 0 Å². The first-order chi connectivity index (χ1) is 12.6. The molecule has 7 heteroatoms. The van der Waals surface area contributed by atoms with Gasteiger partial charge in [0, 0.05) is 13.0 Å². The molecule has 0 aliphatic heterocycles. The highest BCUT2D eigenvalue weighted by Gasteiger charge is 2.32. The number of rotatable bonds is 8. The number of nitrogens with one attached hydrogen (secondary N) is 1. The predicted octanol–water partition coefficient (Wildman–Crippen LogP) is 3.61. The van der Waals surface area contributed by atoms with Crippen molar-refractivity contribution in [2.75, 3.05) is 6.54 Å². The average molecular weight is 389 g/mol. The van der Waals surface area contributed by atoms with E-state index in [0.717, 1.165) is 16.9 Å². The van der Waals surface area contributed by atoms with Crippen LogP contribution in [0.1, 0.15) is 23.0 Å². The summed E-state index contributed by atoms with van der Waals surface area (Å²) in [5.41, 5.74) is 1.07. The maximum Gasteiger partial charge on any atom is 0.220 e. The van der Waals surface area contributed by atoms with Crippen LogP contribution in [-0.4, -0.2) is 20.9 Å². The Kier molecular flexibility index (Phi) is 5.90. The number of furan rings is 1. The van der Waals surface area contributed by atoms with Crippen LogP contribution in [0, 0.1) is 0 Å². The van der Waals surface area contributed by atoms with Gasteiger partial charge in [-0.15, -0.1) is 11.3 Å². The largest absolute Gasteiger partial charge is 0.468 e. The molecule has 1 amide bonds. The van der Waals surface area contributed by atoms with Crippen molar-refractivity contribution in [1.29, 1.82) is 0 Å². The Morgan fingerprint density at radius 3 is 2.54 bits per heavy atom. The Labute approximate surface area is 156 Å². The Hall–Kier alpha value is -2.38. The van der Waals surface area contributed by atoms with Gasteiger partial charge < -0.3 is 9.73 Å². The second-order valence-electron chi connectivity index (χ2n) is 5.77. The van der Waals surface area contributed by atoms with Crippen molar-refractivity contribution in [3.05, 3.63) is 77.6 Å². The lowest BCUT2D eigenvalue weighted by atomic mass is 10.1. The Balaban J connectivity index is 1.66. The van der Waals surface area contributed by atoms with Crippen molar-refractivity contribution in [3.8, 4) is 0 Å². The van der Waals surface area contributed by atoms with E-state index in [0.29, 0.717) is 18.6 Å². The minimum atomic E-state index is -3.63. The molecule has 3 rings (SSSR count). The van der Waals surface area contributed by atoms with E-state index in [9.17, 15) is 13.2 Å². The minimum absolute atomic E-state index is 0.0264. The number of aryl methyl sites for hydroxylation is 1. The fourth-order valence-electron chi connectivity index (χ4n) is 2.60. The van der Waals surface area contributed by atoms with Crippen molar-refractivity contribution in [2.45, 2.75) is 22.3 Å². The lowest BCUT2D eigenvalue weighted by Gasteiger charge is -2.15. The number of carbonyl (C=O) groups excluding carboxylic acids is 1. The maximum atomic E-state index is 12.9. The summed E-state index contributed by atoms with van der Waals surface area (Å²) in [6.07, 6.45) is 2.34. The van der Waals surface area contributed by atoms with Gasteiger partial charge in [0.25, 0.3) is 0 Å². The Bertz CT molecular complexity index is 917. The summed E-state index contributed by atoms with van der Waals surface area (Å²) < 4.78 is 31.3. The van der Waals surface area contributed by atoms with E-state index in [-0.39, 0.29) is 16.7 Å². The highest BCUT2D eigenvalue weighted by Crippen LogP contribution is 2.31. The molecule has 2 aromatic heterocycles. The smallest absolute Gasteiger partial charge is 0.220 e. The lowest BCUT2D eigenvalue weighted by molar-refractivity contribution is -0.121. The van der Waals surface area contributed by atoms with Gasteiger partial charge in [-0.2, -0.15) is 0 Å². The normalized spacial score (nSPS) is 12.6. The summed E-state index contributed by atoms with van der Waals surface area (Å²) >= 11 is 1.15. The quantitative estimate of drug-likeness (QED) is 0.639. The maximum absolute atomic E-state index is 12.9. The zero-order valence-electron chi connectivity index (χ0n) is 14.0. The molecular weight excluding hydrogens is 370 g/mol. The number of hydrogen-bond donors (Lipinski definition) is 1. The van der Waals surface area contributed by atoms with E-state index in [1.165, 1.54) is 6.26 Å². The molecule has 1 N–H and O–H groups in total. The standard InChI is InChI=1S/C19H19NO4S2/c21-18(11-10-15-6-2-1-3-7-15)20-14-17(16-8-4-12-24-16)26(22,23)19-9-5-13-25-19/h1-9,12-13,17H,10-11,14H2,(H,20,21). The third-order valence-electron chi connectivity index (χ3n) is 3.98. The summed E-state index contributed by atoms with van der Waals surface area (Å²) in [6.45, 7) is -0.0264. The van der Waals surface area contributed by atoms with E-state index in [1.54, 1.807) is 29.6 Å². The number of amides is 1. The molecule has 0 aliphatic rings. The van der Waals surface area contributed by atoms with Gasteiger partial charge in [0.05, 0.1) is 6.26 Å². The summed E-state index contributed by atoms with van der Waals surface area (Å²) in [4.78, 5) is 12.2. The van der Waals surface area contributed by atoms with E-state index in [1.807, 2.05) is 30.3 Å². The van der Waals surface area contributed by atoms with Crippen molar-refractivity contribution in [2.24, 2.45) is 0 Å². The molecule has 0 fully saturated rings. The summed E-state index contributed by atoms with van der Waals surface area (Å²) in [7, 11) is -3.63. The van der Waals surface area contributed by atoms with Crippen LogP contribution in [0.2, 0.25) is 0 Å². The topological polar surface area (TPSA) is 76.4 Å². The molecule has 0 aliphatic carbocycles. The number of carbonyl (C=O) groups is 1. The second-order valence-corrected chi connectivity index (χ2v) is 9.08. The second kappa shape index (κ2) is 8.33. The van der Waals surface area contributed by atoms with E-state index >= 15 is 0 Å². The van der Waals surface area contributed by atoms with Gasteiger partial charge in [-0.25, -0.2) is 8.42 Å². The molecule has 1 unspecified atom stereocenters. The van der Waals surface area contributed by atoms with Crippen LogP contribution in [0.4, 0.5) is 0 Å². The van der Waals surface area contributed by atoms with Crippen LogP contribution in [-0.2, 0) is 21.1 Å². The van der Waals surface area contributed by atoms with Gasteiger partial charge in [-0.05, 0) is 35.6 Å². The summed E-state index contributed by atoms with van der Waals surface area (Å²) in [5, 5.41) is 3.50. The highest BCUT2D eigenvalue weighted by molar-refractivity contribution is 7.93. The van der Waals surface area contributed by atoms with Crippen molar-refractivity contribution < 1.29 is 17.6 Å². The van der Waals surface area contributed by atoms with Crippen LogP contribution < -0.4 is 5.32 Å². The molecule has 1 aromatic carbocycles. The van der Waals surface area contributed by atoms with E-state index < -0.39 is 15.1 Å². The van der Waals surface area contributed by atoms with Crippen molar-refractivity contribution in [1.82, 2.24) is 5.32 Å². The van der Waals surface area contributed by atoms with Crippen LogP contribution in [0.5, 0.6) is 0 Å². The monoisotopic (exact) mass is 389 g/mol. The number of sulfone groups is 1. The zero-order chi connectivity index (χ0) is 18.4. The third kappa shape index (κ3) is 4.42. The van der Waals surface area contributed by atoms with Gasteiger partial charge in [0.1, 0.15) is 15.2 Å². The molecule has 0 radical (unpaired) electrons. The van der Waals surface area contributed by atoms with Crippen LogP contribution in [0.15, 0.2) is 74.9 Å². The molecule has 1 atom stereocenters. The fourth-order valence-corrected chi connectivity index (χ4v) is 5.39. The molecule has 5 nitrogen and oxygen atoms in total. The van der Waals surface area contributed by atoms with Crippen LogP contribution >= 0.6 is 11.3 Å². The molecule has 0 spiro atoms. The first-order valence-electron chi connectivity index (χ1n) is 8.19. The zero-order valence-corrected chi connectivity index (χ0v) is 15.6. The number of thiophene rings is 1. The molecule has 26 heavy (non-hydrogen) atoms. The van der Waals surface area contributed by atoms with Crippen molar-refractivity contribution in [3.63, 3.8) is 0 Å². The molecular formula is C19H19NO4S2. The molecule has 136 valence electrons. The predicted molar refractivity (Wildman–Crippen MR) is 101 cm³/mol. The first-order valence-corrected chi connectivity index (χ1v) is 10.6. The SMILES string of the molecule is O=C(CCc1ccccc1)NCC(c1ccco1)S(=O)(=O)c1cccs1. The number of benzene rings is 1. The lowest BCUT2D eigenvalue weighted by Crippen LogP contribution is -2.31. The minimum Gasteiger partial charge on any atom is -0.468 e. The van der Waals surface area contributed by atoms with Gasteiger partial charge in [-0.3, -0.25) is 4.79 Å². The molecule has 2 heterocycles. The molecule has 0 saturated heterocycles. The average Bonchev–Trinajstić information content (AvgIpc) is 3.35. The summed E-state index contributed by atoms with van der Waals surface area (Å²) in [6, 6.07) is 16.2. The Morgan fingerprint density at radius 1 is 1.08 bits per heavy atom. The molecule has 0 bridgehead atoms. The molecule has 0 saturated carbocycles. The van der Waals surface area contributed by atoms with Gasteiger partial charge in [0.2, 0.25) is 5.91 Å². The van der Waals surface area contributed by atoms with Crippen LogP contribution in [0.25, 0.3) is 0 Å². The van der Waals surface area contributed by atoms with Crippen molar-refractivity contribution >= 4 is 27.1 Å². The van der Waals surface area contributed by atoms with Gasteiger partial charge in [0.15, 0.2) is 9.84 Å². The summed E-state index contributed by atoms with van der Waals surface area (Å²) in [5.74, 6) is 0.133. The Morgan fingerprint density at radius 2 is 1.88 bits per heavy atom. The number of hydrogen-bond acceptors (Lipinski definition) is 5. The third-order valence-corrected chi connectivity index (χ3v) is 7.47. The van der Waals surface area contributed by atoms with Gasteiger partial charge >= 0.3 is 0 Å². The molecule has 3 aromatic rings. The highest BCUT2D eigenvalue weighted by atomic mass is 32.2. The van der Waals surface area contributed by atoms with E-state index in [4.69, 9.17) is 4.42 Å².